The zero-order chi connectivity index (χ0) is 29.2. The standard InChI is InChI=1S/C31H36Cl2N6O3/c1-37-7-5-28-27(37)6-10-39(28)31-34-17-25(18-35-31)42-29-12-21(11-26(36-29)22-14-23(32)16-24(33)15-22)19-38-8-3-20(4-9-38)13-30(40)41-2/h11-12,14-18,20,27-28H,3-10,13,19H2,1-2H3/t27-,28-/m1/s1. The lowest BCUT2D eigenvalue weighted by Crippen LogP contribution is -2.35. The minimum absolute atomic E-state index is 0.137. The molecule has 0 N–H and O–H groups in total. The molecule has 3 aliphatic rings. The van der Waals surface area contributed by atoms with Crippen molar-refractivity contribution in [2.45, 2.75) is 50.7 Å². The van der Waals surface area contributed by atoms with Crippen molar-refractivity contribution in [1.29, 1.82) is 0 Å². The number of esters is 1. The van der Waals surface area contributed by atoms with E-state index in [1.165, 1.54) is 7.11 Å². The molecule has 0 bridgehead atoms. The van der Waals surface area contributed by atoms with Gasteiger partial charge in [0.05, 0.1) is 25.2 Å². The number of methoxy groups -OCH3 is 1. The second kappa shape index (κ2) is 12.7. The summed E-state index contributed by atoms with van der Waals surface area (Å²) in [7, 11) is 3.65. The van der Waals surface area contributed by atoms with E-state index in [-0.39, 0.29) is 5.97 Å². The van der Waals surface area contributed by atoms with E-state index in [0.717, 1.165) is 81.2 Å². The highest BCUT2D eigenvalue weighted by atomic mass is 35.5. The number of aromatic nitrogens is 3. The quantitative estimate of drug-likeness (QED) is 0.298. The Morgan fingerprint density at radius 3 is 2.36 bits per heavy atom. The number of anilines is 1. The average Bonchev–Trinajstić information content (AvgIpc) is 3.56. The first-order chi connectivity index (χ1) is 20.3. The van der Waals surface area contributed by atoms with Crippen LogP contribution < -0.4 is 9.64 Å². The van der Waals surface area contributed by atoms with E-state index in [1.807, 2.05) is 18.2 Å². The number of hydrogen-bond acceptors (Lipinski definition) is 9. The maximum Gasteiger partial charge on any atom is 0.305 e. The van der Waals surface area contributed by atoms with Crippen LogP contribution >= 0.6 is 23.2 Å². The molecular formula is C31H36Cl2N6O3. The Labute approximate surface area is 256 Å². The molecule has 3 saturated heterocycles. The largest absolute Gasteiger partial charge is 0.469 e. The molecule has 222 valence electrons. The van der Waals surface area contributed by atoms with Gasteiger partial charge in [-0.25, -0.2) is 15.0 Å². The summed E-state index contributed by atoms with van der Waals surface area (Å²) < 4.78 is 11.1. The Bertz CT molecular complexity index is 1400. The maximum atomic E-state index is 11.7. The molecule has 9 nitrogen and oxygen atoms in total. The third-order valence-electron chi connectivity index (χ3n) is 8.76. The average molecular weight is 612 g/mol. The van der Waals surface area contributed by atoms with Gasteiger partial charge in [-0.2, -0.15) is 0 Å². The molecule has 0 spiro atoms. The van der Waals surface area contributed by atoms with Crippen LogP contribution in [0.15, 0.2) is 42.7 Å². The molecule has 11 heteroatoms. The van der Waals surface area contributed by atoms with Gasteiger partial charge in [-0.1, -0.05) is 23.2 Å². The Balaban J connectivity index is 1.20. The molecule has 0 unspecified atom stereocenters. The van der Waals surface area contributed by atoms with Crippen LogP contribution in [0.1, 0.15) is 37.7 Å². The highest BCUT2D eigenvalue weighted by Gasteiger charge is 2.41. The summed E-state index contributed by atoms with van der Waals surface area (Å²) in [4.78, 5) is 33.0. The number of likely N-dealkylation sites (N-methyl/N-ethyl adjacent to an activating group) is 1. The highest BCUT2D eigenvalue weighted by molar-refractivity contribution is 6.35. The molecule has 0 amide bonds. The molecule has 6 rings (SSSR count). The second-order valence-electron chi connectivity index (χ2n) is 11.6. The fourth-order valence-electron chi connectivity index (χ4n) is 6.56. The van der Waals surface area contributed by atoms with Crippen LogP contribution in [0.4, 0.5) is 5.95 Å². The summed E-state index contributed by atoms with van der Waals surface area (Å²) in [5.41, 5.74) is 2.59. The summed E-state index contributed by atoms with van der Waals surface area (Å²) in [6, 6.07) is 10.5. The molecule has 0 saturated carbocycles. The van der Waals surface area contributed by atoms with E-state index in [2.05, 4.69) is 37.8 Å². The number of carbonyl (C=O) groups excluding carboxylic acids is 1. The van der Waals surface area contributed by atoms with Crippen molar-refractivity contribution >= 4 is 35.1 Å². The number of ether oxygens (including phenoxy) is 2. The normalized spacial score (nSPS) is 21.5. The zero-order valence-electron chi connectivity index (χ0n) is 24.0. The van der Waals surface area contributed by atoms with Crippen LogP contribution in [0.2, 0.25) is 10.0 Å². The minimum atomic E-state index is -0.137. The summed E-state index contributed by atoms with van der Waals surface area (Å²) in [5.74, 6) is 1.95. The molecule has 1 aromatic carbocycles. The van der Waals surface area contributed by atoms with Crippen molar-refractivity contribution in [3.8, 4) is 22.9 Å². The molecule has 0 aliphatic carbocycles. The molecule has 2 atom stereocenters. The van der Waals surface area contributed by atoms with Crippen molar-refractivity contribution in [2.75, 3.05) is 45.2 Å². The Morgan fingerprint density at radius 2 is 1.64 bits per heavy atom. The monoisotopic (exact) mass is 610 g/mol. The van der Waals surface area contributed by atoms with Crippen LogP contribution in [-0.4, -0.2) is 83.1 Å². The number of hydrogen-bond donors (Lipinski definition) is 0. The predicted octanol–water partition coefficient (Wildman–Crippen LogP) is 5.70. The molecular weight excluding hydrogens is 575 g/mol. The van der Waals surface area contributed by atoms with E-state index >= 15 is 0 Å². The van der Waals surface area contributed by atoms with Gasteiger partial charge in [0.25, 0.3) is 0 Å². The van der Waals surface area contributed by atoms with Crippen LogP contribution in [0.3, 0.4) is 0 Å². The van der Waals surface area contributed by atoms with Crippen molar-refractivity contribution in [3.63, 3.8) is 0 Å². The van der Waals surface area contributed by atoms with E-state index < -0.39 is 0 Å². The van der Waals surface area contributed by atoms with Crippen LogP contribution in [0.25, 0.3) is 11.3 Å². The summed E-state index contributed by atoms with van der Waals surface area (Å²) in [5, 5.41) is 1.09. The minimum Gasteiger partial charge on any atom is -0.469 e. The number of nitrogens with zero attached hydrogens (tertiary/aromatic N) is 6. The Kier molecular flexibility index (Phi) is 8.81. The van der Waals surface area contributed by atoms with Gasteiger partial charge in [0, 0.05) is 59.8 Å². The van der Waals surface area contributed by atoms with Crippen molar-refractivity contribution in [3.05, 3.63) is 58.3 Å². The van der Waals surface area contributed by atoms with E-state index in [0.29, 0.717) is 46.1 Å². The lowest BCUT2D eigenvalue weighted by atomic mass is 9.93. The van der Waals surface area contributed by atoms with Gasteiger partial charge >= 0.3 is 5.97 Å². The van der Waals surface area contributed by atoms with Crippen molar-refractivity contribution in [2.24, 2.45) is 5.92 Å². The van der Waals surface area contributed by atoms with Crippen LogP contribution in [-0.2, 0) is 16.1 Å². The number of fused-ring (bicyclic) bond motifs is 1. The first-order valence-corrected chi connectivity index (χ1v) is 15.3. The fraction of sp³-hybridized carbons (Fsp3) is 0.484. The smallest absolute Gasteiger partial charge is 0.305 e. The maximum absolute atomic E-state index is 11.7. The Morgan fingerprint density at radius 1 is 0.929 bits per heavy atom. The third kappa shape index (κ3) is 6.64. The lowest BCUT2D eigenvalue weighted by molar-refractivity contribution is -0.142. The molecule has 5 heterocycles. The van der Waals surface area contributed by atoms with E-state index in [4.69, 9.17) is 37.7 Å². The number of rotatable bonds is 8. The third-order valence-corrected chi connectivity index (χ3v) is 9.20. The van der Waals surface area contributed by atoms with E-state index in [9.17, 15) is 4.79 Å². The predicted molar refractivity (Wildman–Crippen MR) is 163 cm³/mol. The van der Waals surface area contributed by atoms with Crippen LogP contribution in [0.5, 0.6) is 11.6 Å². The first-order valence-electron chi connectivity index (χ1n) is 14.6. The fourth-order valence-corrected chi connectivity index (χ4v) is 7.09. The molecule has 3 aliphatic heterocycles. The number of carbonyl (C=O) groups is 1. The van der Waals surface area contributed by atoms with Gasteiger partial charge in [0.1, 0.15) is 0 Å². The topological polar surface area (TPSA) is 83.9 Å². The number of pyridine rings is 1. The lowest BCUT2D eigenvalue weighted by Gasteiger charge is -2.31. The molecule has 0 radical (unpaired) electrons. The first kappa shape index (κ1) is 29.1. The SMILES string of the molecule is COC(=O)CC1CCN(Cc2cc(Oc3cnc(N4CC[C@@H]5[C@H]4CCN5C)nc3)nc(-c3cc(Cl)cc(Cl)c3)c2)CC1. The highest BCUT2D eigenvalue weighted by Crippen LogP contribution is 2.34. The van der Waals surface area contributed by atoms with E-state index in [1.54, 1.807) is 18.5 Å². The zero-order valence-corrected chi connectivity index (χ0v) is 25.5. The summed E-state index contributed by atoms with van der Waals surface area (Å²) in [6.07, 6.45) is 8.12. The number of likely N-dealkylation sites (tertiary alicyclic amines) is 2. The van der Waals surface area contributed by atoms with Gasteiger partial charge in [0.15, 0.2) is 5.75 Å². The number of halogens is 2. The molecule has 2 aromatic heterocycles. The van der Waals surface area contributed by atoms with Crippen molar-refractivity contribution < 1.29 is 14.3 Å². The van der Waals surface area contributed by atoms with Gasteiger partial charge < -0.3 is 19.3 Å². The van der Waals surface area contributed by atoms with Crippen LogP contribution in [0, 0.1) is 5.92 Å². The Hall–Kier alpha value is -2.98. The van der Waals surface area contributed by atoms with Gasteiger partial charge in [0.2, 0.25) is 11.8 Å². The van der Waals surface area contributed by atoms with Gasteiger partial charge in [-0.05, 0) is 81.6 Å². The molecule has 42 heavy (non-hydrogen) atoms. The summed E-state index contributed by atoms with van der Waals surface area (Å²) >= 11 is 12.7. The summed E-state index contributed by atoms with van der Waals surface area (Å²) in [6.45, 7) is 4.62. The molecule has 3 fully saturated rings. The number of benzene rings is 1. The molecule has 3 aromatic rings. The second-order valence-corrected chi connectivity index (χ2v) is 12.4. The van der Waals surface area contributed by atoms with Gasteiger partial charge in [-0.3, -0.25) is 9.69 Å². The number of piperidine rings is 1. The van der Waals surface area contributed by atoms with Gasteiger partial charge in [-0.15, -0.1) is 0 Å². The van der Waals surface area contributed by atoms with Crippen molar-refractivity contribution in [1.82, 2.24) is 24.8 Å².